The van der Waals surface area contributed by atoms with Crippen molar-refractivity contribution in [3.8, 4) is 45.7 Å². The topological polar surface area (TPSA) is 248 Å². The number of aryl methyl sites for hydroxylation is 4. The number of ether oxygens (including phenoxy) is 4. The van der Waals surface area contributed by atoms with Crippen molar-refractivity contribution < 1.29 is 189 Å². The Morgan fingerprint density at radius 1 is 0.462 bits per heavy atom. The zero-order valence-corrected chi connectivity index (χ0v) is 69.2. The molecule has 12 aromatic rings. The van der Waals surface area contributed by atoms with Crippen LogP contribution in [-0.4, -0.2) is 90.4 Å². The maximum atomic E-state index is 13.8. The van der Waals surface area contributed by atoms with Crippen LogP contribution in [0.25, 0.3) is 34.4 Å². The number of nitrogens with zero attached hydrogens (tertiary/aromatic N) is 16. The van der Waals surface area contributed by atoms with E-state index in [2.05, 4.69) is 79.1 Å². The van der Waals surface area contributed by atoms with Gasteiger partial charge in [-0.1, -0.05) is 73.0 Å². The quantitative estimate of drug-likeness (QED) is 0.0368. The predicted molar refractivity (Wildman–Crippen MR) is 353 cm³/mol. The summed E-state index contributed by atoms with van der Waals surface area (Å²) in [5.41, 5.74) is -1.25. The molecule has 0 atom stereocenters. The maximum absolute atomic E-state index is 13.8. The first-order valence-corrected chi connectivity index (χ1v) is 31.1. The van der Waals surface area contributed by atoms with Gasteiger partial charge in [0.15, 0.2) is 0 Å². The molecule has 0 bridgehead atoms. The van der Waals surface area contributed by atoms with Gasteiger partial charge in [-0.3, -0.25) is 17.6 Å². The second-order valence-electron chi connectivity index (χ2n) is 20.8. The zero-order chi connectivity index (χ0) is 73.4. The molecule has 39 heteroatoms. The summed E-state index contributed by atoms with van der Waals surface area (Å²) in [7, 11) is 5.79. The van der Waals surface area contributed by atoms with E-state index in [4.69, 9.17) is 18.9 Å². The Hall–Kier alpha value is -7.59. The second-order valence-corrected chi connectivity index (χ2v) is 23.0. The van der Waals surface area contributed by atoms with Gasteiger partial charge in [0.05, 0.1) is 22.7 Å². The molecule has 4 heterocycles. The fourth-order valence-corrected chi connectivity index (χ4v) is 10.5. The smallest absolute Gasteiger partial charge is 0.446 e. The average molecular weight is 1800 g/mol. The molecule has 24 nitrogen and oxygen atoms in total. The molecule has 4 radical (unpaired) electrons. The van der Waals surface area contributed by atoms with Gasteiger partial charge in [-0.05, 0) is 108 Å². The van der Waals surface area contributed by atoms with Crippen molar-refractivity contribution in [2.45, 2.75) is 54.4 Å². The molecule has 4 aromatic heterocycles. The third kappa shape index (κ3) is 23.0. The van der Waals surface area contributed by atoms with Crippen LogP contribution in [0.3, 0.4) is 0 Å². The Morgan fingerprint density at radius 2 is 0.764 bits per heavy atom. The summed E-state index contributed by atoms with van der Waals surface area (Å²) in [6.07, 6.45) is 1.64. The molecule has 540 valence electrons. The number of halogens is 9. The van der Waals surface area contributed by atoms with E-state index in [0.717, 1.165) is 56.9 Å². The van der Waals surface area contributed by atoms with Crippen molar-refractivity contribution in [3.05, 3.63) is 282 Å². The molecule has 0 amide bonds. The number of allylic oxidation sites excluding steroid dienone is 1. The molecule has 0 saturated heterocycles. The van der Waals surface area contributed by atoms with Gasteiger partial charge < -0.3 is 18.9 Å². The summed E-state index contributed by atoms with van der Waals surface area (Å²) < 4.78 is 150. The van der Waals surface area contributed by atoms with Crippen molar-refractivity contribution in [1.82, 2.24) is 79.2 Å². The Balaban J connectivity index is 0.000000251. The van der Waals surface area contributed by atoms with Crippen molar-refractivity contribution in [3.63, 3.8) is 0 Å². The van der Waals surface area contributed by atoms with E-state index in [-0.39, 0.29) is 223 Å². The van der Waals surface area contributed by atoms with Crippen LogP contribution in [-0.2, 0) is 185 Å². The third-order valence-corrected chi connectivity index (χ3v) is 15.7. The van der Waals surface area contributed by atoms with Gasteiger partial charge in [0.25, 0.3) is 5.76 Å². The fourth-order valence-electron chi connectivity index (χ4n) is 9.20. The number of hydrogen-bond donors (Lipinski definition) is 0. The largest absolute Gasteiger partial charge is 0.511 e. The minimum atomic E-state index is -4.56. The standard InChI is InChI=1S/C18H16FN4O2.C17H14FN4O2.C16H11F4N4O2S.C16H12F3N4O2S.4Y/c1-12(2)13-7-6-9-16(23-18(24)22(3)20-21-23)14(13)11-25-17-10-5-4-8-15(17)19;1-3-12-7-6-9-15(22-17(23)21(2)19-20-22)13(12)11-24-16-10-5-4-8-14(16)18;1-23-15(25)24(22-21-23)12-6-4-8-14(27-16(18,19)20)10(12)9-26-13-7-3-2-5-11(13)17;1-22-16(24)23(21-20-22)12-6-4-8-14(26-15(18)19)10(12)9-25-13-7-3-2-5-11(13)17;;;;/h5-10H,1,11H2,2-3H3;3,5-10H,1,11H2,2H3;3-8H,9H2,1H3;3-8,15H,9H2,1H3;;;;/q4*-1;;;;. The number of aromatic nitrogens is 16. The normalized spacial score (nSPS) is 10.6. The Labute approximate surface area is 705 Å². The van der Waals surface area contributed by atoms with Crippen LogP contribution in [0.5, 0.6) is 23.0 Å². The molecular weight excluding hydrogens is 1750 g/mol. The number of hydrogen-bond acceptors (Lipinski definition) is 18. The number of thioether (sulfide) groups is 2. The number of benzene rings is 8. The Kier molecular flexibility index (Phi) is 35.0. The minimum Gasteiger partial charge on any atom is -0.511 e. The Bertz CT molecular complexity index is 5230. The maximum Gasteiger partial charge on any atom is 0.446 e. The van der Waals surface area contributed by atoms with Gasteiger partial charge in [-0.25, -0.2) is 19.2 Å². The van der Waals surface area contributed by atoms with Crippen LogP contribution in [0.1, 0.15) is 40.3 Å². The van der Waals surface area contributed by atoms with Crippen molar-refractivity contribution in [2.75, 3.05) is 0 Å². The van der Waals surface area contributed by atoms with Gasteiger partial charge in [0.1, 0.15) is 26.4 Å². The summed E-state index contributed by atoms with van der Waals surface area (Å²) in [4.78, 5) is 48.6. The monoisotopic (exact) mass is 1800 g/mol. The molecule has 0 saturated carbocycles. The van der Waals surface area contributed by atoms with E-state index in [0.29, 0.717) is 34.3 Å². The van der Waals surface area contributed by atoms with Crippen LogP contribution >= 0.6 is 23.5 Å². The van der Waals surface area contributed by atoms with E-state index in [1.807, 2.05) is 19.1 Å². The second kappa shape index (κ2) is 41.7. The van der Waals surface area contributed by atoms with E-state index >= 15 is 0 Å². The first kappa shape index (κ1) is 89.0. The van der Waals surface area contributed by atoms with Crippen molar-refractivity contribution >= 4 is 35.2 Å². The van der Waals surface area contributed by atoms with E-state index in [9.17, 15) is 58.7 Å². The van der Waals surface area contributed by atoms with Gasteiger partial charge in [-0.15, -0.1) is 48.5 Å². The predicted octanol–water partition coefficient (Wildman–Crippen LogP) is 10.5. The fraction of sp³-hybridized carbons (Fsp3) is 0.164. The van der Waals surface area contributed by atoms with E-state index in [1.165, 1.54) is 122 Å². The minimum absolute atomic E-state index is 0. The van der Waals surface area contributed by atoms with Crippen LogP contribution in [0, 0.1) is 47.5 Å². The van der Waals surface area contributed by atoms with E-state index in [1.54, 1.807) is 42.5 Å². The molecule has 8 aromatic carbocycles. The Morgan fingerprint density at radius 3 is 1.08 bits per heavy atom. The molecule has 0 N–H and O–H groups in total. The van der Waals surface area contributed by atoms with Gasteiger partial charge >= 0.3 is 28.3 Å². The van der Waals surface area contributed by atoms with Gasteiger partial charge in [0.2, 0.25) is 0 Å². The number of rotatable bonds is 21. The first-order chi connectivity index (χ1) is 48.8. The third-order valence-electron chi connectivity index (χ3n) is 14.1. The van der Waals surface area contributed by atoms with Crippen molar-refractivity contribution in [2.24, 2.45) is 28.2 Å². The molecule has 0 aliphatic rings. The summed E-state index contributed by atoms with van der Waals surface area (Å²) in [5, 5.41) is 29.7. The van der Waals surface area contributed by atoms with Crippen molar-refractivity contribution in [1.29, 1.82) is 0 Å². The van der Waals surface area contributed by atoms with Crippen LogP contribution < -0.4 is 41.7 Å². The molecule has 0 spiro atoms. The number of tetrazole rings is 4. The molecule has 0 unspecified atom stereocenters. The molecular formula is C67H53F9N16O8S2Y4-4. The van der Waals surface area contributed by atoms with Crippen LogP contribution in [0.15, 0.2) is 188 Å². The summed E-state index contributed by atoms with van der Waals surface area (Å²) in [5.74, 6) is -5.04. The van der Waals surface area contributed by atoms with Gasteiger partial charge in [-0.2, -0.15) is 108 Å². The van der Waals surface area contributed by atoms with E-state index < -0.39 is 58.2 Å². The number of alkyl halides is 5. The summed E-state index contributed by atoms with van der Waals surface area (Å²) >= 11 is -0.0598. The zero-order valence-electron chi connectivity index (χ0n) is 56.2. The van der Waals surface area contributed by atoms with Crippen LogP contribution in [0.4, 0.5) is 39.5 Å². The molecule has 0 fully saturated rings. The average Bonchev–Trinajstić information content (AvgIpc) is 1.62. The summed E-state index contributed by atoms with van der Waals surface area (Å²) in [6, 6.07) is 45.7. The molecule has 0 aliphatic heterocycles. The molecule has 12 rings (SSSR count). The summed E-state index contributed by atoms with van der Waals surface area (Å²) in [6.45, 7) is 9.00. The first-order valence-electron chi connectivity index (χ1n) is 29.4. The van der Waals surface area contributed by atoms with Gasteiger partial charge in [0, 0.05) is 237 Å². The van der Waals surface area contributed by atoms with Crippen LogP contribution in [0.2, 0.25) is 0 Å². The SMILES string of the molecule is C=C(C)c1cccc(-n2nnn(C)c2=O)c1COc1cc[c-]cc1F.C=Cc1cccc(-n2nnn(C)c2=O)c1COc1cc[c-]cc1F.Cn1nnn(-c2cccc(SC(F)(F)F)c2COc2cc[c-]cc2F)c1=O.Cn1nnn(-c2cccc(SC(F)F)c2COc2cc[c-]cc2F)c1=O.[Y].[Y].[Y].[Y]. The molecule has 106 heavy (non-hydrogen) atoms. The molecule has 0 aliphatic carbocycles.